The van der Waals surface area contributed by atoms with Crippen LogP contribution in [-0.4, -0.2) is 18.8 Å². The van der Waals surface area contributed by atoms with E-state index in [4.69, 9.17) is 0 Å². The molecule has 1 nitrogen and oxygen atoms in total. The highest BCUT2D eigenvalue weighted by Gasteiger charge is 2.10. The first kappa shape index (κ1) is 10.5. The summed E-state index contributed by atoms with van der Waals surface area (Å²) in [5.74, 6) is 0.946. The van der Waals surface area contributed by atoms with Crippen LogP contribution in [0.1, 0.15) is 0 Å². The Balaban J connectivity index is 3.57. The molecular formula is C9H15NS+. The minimum atomic E-state index is 0.893. The minimum absolute atomic E-state index is 0.893. The highest BCUT2D eigenvalue weighted by molar-refractivity contribution is 7.98. The lowest BCUT2D eigenvalue weighted by Crippen LogP contribution is -2.22. The molecule has 61 valence electrons. The third-order valence-corrected chi connectivity index (χ3v) is 2.09. The summed E-state index contributed by atoms with van der Waals surface area (Å²) in [6, 6.07) is 0. The smallest absolute Gasteiger partial charge is 0.102 e. The van der Waals surface area contributed by atoms with Crippen LogP contribution < -0.4 is 4.31 Å². The van der Waals surface area contributed by atoms with Gasteiger partial charge < -0.3 is 0 Å². The fourth-order valence-corrected chi connectivity index (χ4v) is 1.36. The van der Waals surface area contributed by atoms with Gasteiger partial charge in [-0.05, 0) is 12.2 Å². The van der Waals surface area contributed by atoms with Crippen LogP contribution in [0.5, 0.6) is 0 Å². The lowest BCUT2D eigenvalue weighted by Gasteiger charge is -2.02. The Hall–Kier alpha value is -0.470. The molecule has 0 spiro atoms. The van der Waals surface area contributed by atoms with E-state index < -0.39 is 0 Å². The highest BCUT2D eigenvalue weighted by atomic mass is 32.2. The molecule has 1 radical (unpaired) electrons. The van der Waals surface area contributed by atoms with Gasteiger partial charge in [0.05, 0.1) is 5.75 Å². The van der Waals surface area contributed by atoms with Crippen LogP contribution in [0.2, 0.25) is 0 Å². The fraction of sp³-hybridized carbons (Fsp3) is 0.333. The molecule has 0 saturated heterocycles. The zero-order chi connectivity index (χ0) is 8.53. The van der Waals surface area contributed by atoms with Crippen molar-refractivity contribution in [3.05, 3.63) is 38.0 Å². The normalized spacial score (nSPS) is 9.55. The van der Waals surface area contributed by atoms with E-state index in [9.17, 15) is 0 Å². The molecule has 0 aliphatic carbocycles. The number of nitrogens with zero attached hydrogens (tertiary/aromatic N) is 1. The van der Waals surface area contributed by atoms with Gasteiger partial charge in [0.2, 0.25) is 0 Å². The Morgan fingerprint density at radius 2 is 1.55 bits per heavy atom. The van der Waals surface area contributed by atoms with Gasteiger partial charge in [-0.3, -0.25) is 0 Å². The predicted octanol–water partition coefficient (Wildman–Crippen LogP) is 2.33. The number of hydrogen-bond acceptors (Lipinski definition) is 2. The molecule has 0 unspecified atom stereocenters. The standard InChI is InChI=1S/C9H15NS/c1-4-7-10(8-5-2)11-9-6-3/h4-6H,1-3,7-9H2/q+1. The van der Waals surface area contributed by atoms with Crippen molar-refractivity contribution in [2.24, 2.45) is 0 Å². The number of hydrogen-bond donors (Lipinski definition) is 0. The van der Waals surface area contributed by atoms with Gasteiger partial charge in [0.25, 0.3) is 0 Å². The van der Waals surface area contributed by atoms with Crippen LogP contribution in [0.25, 0.3) is 0 Å². The van der Waals surface area contributed by atoms with E-state index in [2.05, 4.69) is 24.0 Å². The van der Waals surface area contributed by atoms with Crippen molar-refractivity contribution in [1.82, 2.24) is 4.31 Å². The van der Waals surface area contributed by atoms with E-state index in [0.29, 0.717) is 0 Å². The molecule has 0 amide bonds. The van der Waals surface area contributed by atoms with Gasteiger partial charge in [-0.2, -0.15) is 0 Å². The number of rotatable bonds is 7. The average Bonchev–Trinajstić information content (AvgIpc) is 2.01. The molecule has 0 rings (SSSR count). The molecular weight excluding hydrogens is 154 g/mol. The Morgan fingerprint density at radius 3 is 1.91 bits per heavy atom. The summed E-state index contributed by atoms with van der Waals surface area (Å²) >= 11 is 1.74. The van der Waals surface area contributed by atoms with Crippen molar-refractivity contribution < 1.29 is 0 Å². The minimum Gasteiger partial charge on any atom is -0.102 e. The van der Waals surface area contributed by atoms with Crippen molar-refractivity contribution >= 4 is 11.9 Å². The van der Waals surface area contributed by atoms with Gasteiger partial charge in [0.1, 0.15) is 11.9 Å². The molecule has 0 bridgehead atoms. The molecule has 0 atom stereocenters. The van der Waals surface area contributed by atoms with Gasteiger partial charge >= 0.3 is 0 Å². The molecule has 0 aliphatic rings. The lowest BCUT2D eigenvalue weighted by molar-refractivity contribution is 0.743. The Kier molecular flexibility index (Phi) is 7.31. The zero-order valence-corrected chi connectivity index (χ0v) is 7.65. The van der Waals surface area contributed by atoms with Crippen LogP contribution in [0.4, 0.5) is 0 Å². The van der Waals surface area contributed by atoms with Gasteiger partial charge in [0.15, 0.2) is 13.1 Å². The molecule has 2 heteroatoms. The molecule has 0 N–H and O–H groups in total. The fourth-order valence-electron chi connectivity index (χ4n) is 0.626. The van der Waals surface area contributed by atoms with Gasteiger partial charge in [-0.15, -0.1) is 6.58 Å². The summed E-state index contributed by atoms with van der Waals surface area (Å²) < 4.78 is 2.18. The van der Waals surface area contributed by atoms with E-state index in [1.807, 2.05) is 18.2 Å². The second-order valence-corrected chi connectivity index (χ2v) is 3.12. The summed E-state index contributed by atoms with van der Waals surface area (Å²) in [5.41, 5.74) is 0. The van der Waals surface area contributed by atoms with Gasteiger partial charge in [0, 0.05) is 0 Å². The highest BCUT2D eigenvalue weighted by Crippen LogP contribution is 2.04. The molecule has 0 aromatic carbocycles. The predicted molar refractivity (Wildman–Crippen MR) is 54.9 cm³/mol. The summed E-state index contributed by atoms with van der Waals surface area (Å²) in [5, 5.41) is 0. The molecule has 0 aliphatic heterocycles. The summed E-state index contributed by atoms with van der Waals surface area (Å²) in [6.07, 6.45) is 5.67. The zero-order valence-electron chi connectivity index (χ0n) is 6.83. The van der Waals surface area contributed by atoms with Gasteiger partial charge in [-0.25, -0.2) is 0 Å². The van der Waals surface area contributed by atoms with Crippen molar-refractivity contribution in [1.29, 1.82) is 0 Å². The van der Waals surface area contributed by atoms with Crippen molar-refractivity contribution in [3.63, 3.8) is 0 Å². The van der Waals surface area contributed by atoms with Crippen LogP contribution >= 0.6 is 11.9 Å². The summed E-state index contributed by atoms with van der Waals surface area (Å²) in [7, 11) is 0. The maximum Gasteiger partial charge on any atom is 0.154 e. The van der Waals surface area contributed by atoms with E-state index in [0.717, 1.165) is 18.8 Å². The van der Waals surface area contributed by atoms with Gasteiger partial charge in [-0.1, -0.05) is 23.5 Å². The maximum absolute atomic E-state index is 3.68. The topological polar surface area (TPSA) is 5.90 Å². The Morgan fingerprint density at radius 1 is 1.00 bits per heavy atom. The second-order valence-electron chi connectivity index (χ2n) is 2.01. The van der Waals surface area contributed by atoms with Crippen molar-refractivity contribution in [2.75, 3.05) is 18.8 Å². The van der Waals surface area contributed by atoms with E-state index in [1.165, 1.54) is 0 Å². The third kappa shape index (κ3) is 5.95. The molecule has 0 fully saturated rings. The Labute approximate surface area is 73.6 Å². The molecule has 0 saturated carbocycles. The van der Waals surface area contributed by atoms with Crippen molar-refractivity contribution in [2.45, 2.75) is 0 Å². The SMILES string of the molecule is C=CCS[N+](CC=C)CC=C. The first-order valence-corrected chi connectivity index (χ1v) is 4.50. The van der Waals surface area contributed by atoms with Crippen LogP contribution in [0.15, 0.2) is 38.0 Å². The van der Waals surface area contributed by atoms with E-state index in [-0.39, 0.29) is 0 Å². The summed E-state index contributed by atoms with van der Waals surface area (Å²) in [6.45, 7) is 12.8. The maximum atomic E-state index is 3.68. The van der Waals surface area contributed by atoms with E-state index >= 15 is 0 Å². The summed E-state index contributed by atoms with van der Waals surface area (Å²) in [4.78, 5) is 0. The first-order valence-electron chi connectivity index (χ1n) is 3.55. The molecule has 0 aromatic heterocycles. The van der Waals surface area contributed by atoms with Crippen LogP contribution in [-0.2, 0) is 0 Å². The molecule has 0 heterocycles. The third-order valence-electron chi connectivity index (χ3n) is 1.04. The first-order chi connectivity index (χ1) is 5.35. The quantitative estimate of drug-likeness (QED) is 0.322. The Bertz CT molecular complexity index is 122. The molecule has 0 aromatic rings. The second kappa shape index (κ2) is 7.63. The van der Waals surface area contributed by atoms with Crippen LogP contribution in [0.3, 0.4) is 0 Å². The average molecular weight is 169 g/mol. The van der Waals surface area contributed by atoms with Crippen molar-refractivity contribution in [3.8, 4) is 0 Å². The lowest BCUT2D eigenvalue weighted by atomic mass is 10.5. The van der Waals surface area contributed by atoms with Crippen LogP contribution in [0, 0.1) is 0 Å². The van der Waals surface area contributed by atoms with E-state index in [1.54, 1.807) is 11.9 Å². The largest absolute Gasteiger partial charge is 0.154 e. The molecule has 11 heavy (non-hydrogen) atoms. The monoisotopic (exact) mass is 169 g/mol.